The summed E-state index contributed by atoms with van der Waals surface area (Å²) in [4.78, 5) is 10.4. The Labute approximate surface area is 92.7 Å². The number of phenols is 1. The van der Waals surface area contributed by atoms with Crippen molar-refractivity contribution in [2.45, 2.75) is 27.4 Å². The Hall–Kier alpha value is -1.65. The van der Waals surface area contributed by atoms with Gasteiger partial charge in [0.25, 0.3) is 0 Å². The van der Waals surface area contributed by atoms with Gasteiger partial charge in [0.1, 0.15) is 11.5 Å². The third kappa shape index (κ3) is 3.84. The van der Waals surface area contributed by atoms with Crippen molar-refractivity contribution in [1.29, 1.82) is 0 Å². The minimum absolute atomic E-state index is 0.0756. The Bertz CT molecular complexity index is 328. The summed E-state index contributed by atoms with van der Waals surface area (Å²) >= 11 is 0. The first-order chi connectivity index (χ1) is 7.54. The Balaban J connectivity index is 0.00000106. The number of alkyl halides is 2. The average molecular weight is 232 g/mol. The number of aromatic hydroxyl groups is 1. The smallest absolute Gasteiger partial charge is 0.387 e. The molecule has 0 unspecified atom stereocenters. The third-order valence-corrected chi connectivity index (χ3v) is 1.68. The van der Waals surface area contributed by atoms with Crippen molar-refractivity contribution in [2.75, 3.05) is 0 Å². The fourth-order valence-electron chi connectivity index (χ4n) is 1.07. The van der Waals surface area contributed by atoms with Crippen LogP contribution in [0, 0.1) is 6.92 Å². The molecule has 0 amide bonds. The van der Waals surface area contributed by atoms with E-state index < -0.39 is 6.61 Å². The van der Waals surface area contributed by atoms with Crippen LogP contribution >= 0.6 is 0 Å². The Morgan fingerprint density at radius 1 is 1.38 bits per heavy atom. The quantitative estimate of drug-likeness (QED) is 0.814. The van der Waals surface area contributed by atoms with Crippen LogP contribution in [0.4, 0.5) is 8.78 Å². The molecule has 3 nitrogen and oxygen atoms in total. The molecule has 0 spiro atoms. The number of phenolic OH excluding ortho intramolecular Hbond substituents is 1. The first-order valence-electron chi connectivity index (χ1n) is 4.78. The zero-order chi connectivity index (χ0) is 12.7. The SMILES string of the molecule is CC.Cc1cc(OC(F)F)cc(O)c1C=O. The molecule has 0 aliphatic heterocycles. The second-order valence-electron chi connectivity index (χ2n) is 2.67. The van der Waals surface area contributed by atoms with Gasteiger partial charge in [-0.3, -0.25) is 4.79 Å². The molecule has 1 aromatic rings. The molecule has 0 heterocycles. The lowest BCUT2D eigenvalue weighted by Crippen LogP contribution is -2.02. The second-order valence-corrected chi connectivity index (χ2v) is 2.67. The van der Waals surface area contributed by atoms with Gasteiger partial charge in [0.15, 0.2) is 6.29 Å². The van der Waals surface area contributed by atoms with Gasteiger partial charge in [-0.1, -0.05) is 13.8 Å². The van der Waals surface area contributed by atoms with Crippen molar-refractivity contribution in [2.24, 2.45) is 0 Å². The summed E-state index contributed by atoms with van der Waals surface area (Å²) in [7, 11) is 0. The molecule has 0 aromatic heterocycles. The molecular formula is C11H14F2O3. The van der Waals surface area contributed by atoms with E-state index in [2.05, 4.69) is 4.74 Å². The highest BCUT2D eigenvalue weighted by atomic mass is 19.3. The fourth-order valence-corrected chi connectivity index (χ4v) is 1.07. The summed E-state index contributed by atoms with van der Waals surface area (Å²) in [5.74, 6) is -0.531. The van der Waals surface area contributed by atoms with Gasteiger partial charge in [-0.2, -0.15) is 8.78 Å². The lowest BCUT2D eigenvalue weighted by Gasteiger charge is -2.07. The predicted octanol–water partition coefficient (Wildman–Crippen LogP) is 3.14. The number of rotatable bonds is 3. The van der Waals surface area contributed by atoms with Gasteiger partial charge in [-0.05, 0) is 18.6 Å². The Morgan fingerprint density at radius 2 is 1.94 bits per heavy atom. The summed E-state index contributed by atoms with van der Waals surface area (Å²) in [5.41, 5.74) is 0.460. The number of carbonyl (C=O) groups is 1. The fraction of sp³-hybridized carbons (Fsp3) is 0.364. The maximum absolute atomic E-state index is 11.8. The van der Waals surface area contributed by atoms with Crippen LogP contribution in [0.15, 0.2) is 12.1 Å². The molecule has 5 heteroatoms. The molecule has 0 bridgehead atoms. The number of hydrogen-bond donors (Lipinski definition) is 1. The number of ether oxygens (including phenoxy) is 1. The minimum Gasteiger partial charge on any atom is -0.507 e. The number of carbonyl (C=O) groups excluding carboxylic acids is 1. The van der Waals surface area contributed by atoms with E-state index in [9.17, 15) is 18.7 Å². The third-order valence-electron chi connectivity index (χ3n) is 1.68. The Kier molecular flexibility index (Phi) is 6.07. The molecule has 0 aliphatic carbocycles. The number of halogens is 2. The van der Waals surface area contributed by atoms with Crippen LogP contribution < -0.4 is 4.74 Å². The first kappa shape index (κ1) is 14.3. The second kappa shape index (κ2) is 6.76. The lowest BCUT2D eigenvalue weighted by atomic mass is 10.1. The van der Waals surface area contributed by atoms with Crippen LogP contribution in [0.5, 0.6) is 11.5 Å². The van der Waals surface area contributed by atoms with E-state index in [1.807, 2.05) is 13.8 Å². The highest BCUT2D eigenvalue weighted by molar-refractivity contribution is 5.81. The monoisotopic (exact) mass is 232 g/mol. The zero-order valence-corrected chi connectivity index (χ0v) is 9.33. The van der Waals surface area contributed by atoms with Crippen LogP contribution in [0.25, 0.3) is 0 Å². The van der Waals surface area contributed by atoms with E-state index in [1.54, 1.807) is 0 Å². The van der Waals surface area contributed by atoms with E-state index in [-0.39, 0.29) is 17.1 Å². The van der Waals surface area contributed by atoms with Crippen molar-refractivity contribution >= 4 is 6.29 Å². The molecule has 1 aromatic carbocycles. The highest BCUT2D eigenvalue weighted by Gasteiger charge is 2.10. The molecule has 90 valence electrons. The molecule has 1 rings (SSSR count). The first-order valence-corrected chi connectivity index (χ1v) is 4.78. The van der Waals surface area contributed by atoms with Gasteiger partial charge >= 0.3 is 6.61 Å². The van der Waals surface area contributed by atoms with Gasteiger partial charge < -0.3 is 9.84 Å². The summed E-state index contributed by atoms with van der Waals surface area (Å²) < 4.78 is 27.7. The average Bonchev–Trinajstić information content (AvgIpc) is 2.19. The van der Waals surface area contributed by atoms with E-state index in [0.717, 1.165) is 6.07 Å². The van der Waals surface area contributed by atoms with Crippen LogP contribution in [-0.4, -0.2) is 18.0 Å². The van der Waals surface area contributed by atoms with Crippen LogP contribution in [0.3, 0.4) is 0 Å². The normalized spacial score (nSPS) is 9.38. The highest BCUT2D eigenvalue weighted by Crippen LogP contribution is 2.26. The summed E-state index contributed by atoms with van der Waals surface area (Å²) in [5, 5.41) is 9.23. The Morgan fingerprint density at radius 3 is 2.31 bits per heavy atom. The maximum Gasteiger partial charge on any atom is 0.387 e. The van der Waals surface area contributed by atoms with Gasteiger partial charge in [0, 0.05) is 6.07 Å². The van der Waals surface area contributed by atoms with Crippen LogP contribution in [0.1, 0.15) is 29.8 Å². The minimum atomic E-state index is -2.95. The molecular weight excluding hydrogens is 218 g/mol. The largest absolute Gasteiger partial charge is 0.507 e. The van der Waals surface area contributed by atoms with Gasteiger partial charge in [-0.15, -0.1) is 0 Å². The number of aryl methyl sites for hydroxylation is 1. The van der Waals surface area contributed by atoms with Gasteiger partial charge in [-0.25, -0.2) is 0 Å². The van der Waals surface area contributed by atoms with E-state index >= 15 is 0 Å². The van der Waals surface area contributed by atoms with E-state index in [1.165, 1.54) is 13.0 Å². The number of hydrogen-bond acceptors (Lipinski definition) is 3. The van der Waals surface area contributed by atoms with Crippen LogP contribution in [-0.2, 0) is 0 Å². The van der Waals surface area contributed by atoms with E-state index in [4.69, 9.17) is 0 Å². The predicted molar refractivity (Wildman–Crippen MR) is 56.2 cm³/mol. The summed E-state index contributed by atoms with van der Waals surface area (Å²) in [6.07, 6.45) is 0.455. The van der Waals surface area contributed by atoms with Crippen molar-refractivity contribution < 1.29 is 23.4 Å². The molecule has 0 saturated heterocycles. The topological polar surface area (TPSA) is 46.5 Å². The van der Waals surface area contributed by atoms with E-state index in [0.29, 0.717) is 11.8 Å². The standard InChI is InChI=1S/C9H8F2O3.C2H6/c1-5-2-6(14-9(10)11)3-8(13)7(5)4-12;1-2/h2-4,9,13H,1H3;1-2H3. The maximum atomic E-state index is 11.8. The number of aldehydes is 1. The van der Waals surface area contributed by atoms with Gasteiger partial charge in [0.2, 0.25) is 0 Å². The van der Waals surface area contributed by atoms with Crippen LogP contribution in [0.2, 0.25) is 0 Å². The lowest BCUT2D eigenvalue weighted by molar-refractivity contribution is -0.0499. The summed E-state index contributed by atoms with van der Waals surface area (Å²) in [6, 6.07) is 2.23. The molecule has 0 fully saturated rings. The van der Waals surface area contributed by atoms with Crippen molar-refractivity contribution in [1.82, 2.24) is 0 Å². The molecule has 1 N–H and O–H groups in total. The zero-order valence-electron chi connectivity index (χ0n) is 9.33. The van der Waals surface area contributed by atoms with Gasteiger partial charge in [0.05, 0.1) is 5.56 Å². The molecule has 0 saturated carbocycles. The molecule has 0 radical (unpaired) electrons. The van der Waals surface area contributed by atoms with Crippen molar-refractivity contribution in [3.05, 3.63) is 23.3 Å². The molecule has 0 atom stereocenters. The molecule has 0 aliphatic rings. The summed E-state index contributed by atoms with van der Waals surface area (Å²) in [6.45, 7) is 2.57. The van der Waals surface area contributed by atoms with Crippen molar-refractivity contribution in [3.63, 3.8) is 0 Å². The number of benzene rings is 1. The van der Waals surface area contributed by atoms with Crippen molar-refractivity contribution in [3.8, 4) is 11.5 Å². The molecule has 16 heavy (non-hydrogen) atoms.